The van der Waals surface area contributed by atoms with Crippen LogP contribution in [0.3, 0.4) is 0 Å². The second kappa shape index (κ2) is 17.0. The Morgan fingerprint density at radius 3 is 2.11 bits per heavy atom. The number of ether oxygens (including phenoxy) is 6. The third-order valence-electron chi connectivity index (χ3n) is 10.7. The number of benzene rings is 2. The number of hydrogen-bond donors (Lipinski definition) is 6. The molecule has 0 aliphatic carbocycles. The van der Waals surface area contributed by atoms with E-state index >= 15 is 0 Å². The maximum absolute atomic E-state index is 14.3. The van der Waals surface area contributed by atoms with Gasteiger partial charge in [-0.15, -0.1) is 0 Å². The monoisotopic (exact) mass is 771 g/mol. The molecule has 2 aromatic rings. The van der Waals surface area contributed by atoms with Crippen LogP contribution in [0.4, 0.5) is 5.69 Å². The summed E-state index contributed by atoms with van der Waals surface area (Å²) in [6, 6.07) is 0. The minimum Gasteiger partial charge on any atom is -0.507 e. The number of carbonyl (C=O) groups is 3. The van der Waals surface area contributed by atoms with Gasteiger partial charge in [0.2, 0.25) is 0 Å². The van der Waals surface area contributed by atoms with E-state index in [4.69, 9.17) is 28.4 Å². The van der Waals surface area contributed by atoms with Gasteiger partial charge in [0.05, 0.1) is 46.8 Å². The summed E-state index contributed by atoms with van der Waals surface area (Å²) in [7, 11) is 3.94. The van der Waals surface area contributed by atoms with Crippen LogP contribution in [0.1, 0.15) is 76.2 Å². The van der Waals surface area contributed by atoms with Crippen LogP contribution in [0.25, 0.3) is 10.8 Å². The molecule has 3 aliphatic rings. The number of hydrogen-bond acceptors (Lipinski definition) is 14. The molecule has 1 amide bonds. The van der Waals surface area contributed by atoms with Crippen molar-refractivity contribution in [2.24, 2.45) is 23.7 Å². The SMILES string of the molecule is COC(OC)c1c2c(O)c3c(O)c(C)c4c(c3c1O)C(=O)[C@@](C)(O/C=C/[C@H](OC)[C@@H](C)[C@@H](OC(C)=O)[C@H](C)[C@@H](O)[C@@H](C)[C@@H](O)[C@H](C)/C=C/C=C(/C)C(=O)N2)O4. The van der Waals surface area contributed by atoms with Gasteiger partial charge in [-0.2, -0.15) is 0 Å². The van der Waals surface area contributed by atoms with Crippen molar-refractivity contribution in [1.82, 2.24) is 0 Å². The van der Waals surface area contributed by atoms with E-state index in [1.165, 1.54) is 67.4 Å². The number of phenolic OH excluding ortho intramolecular Hbond substituents is 3. The van der Waals surface area contributed by atoms with E-state index in [2.05, 4.69) is 5.32 Å². The van der Waals surface area contributed by atoms with Crippen molar-refractivity contribution < 1.29 is 68.3 Å². The number of phenols is 3. The molecule has 3 heterocycles. The Morgan fingerprint density at radius 1 is 0.891 bits per heavy atom. The number of aliphatic hydroxyl groups is 2. The summed E-state index contributed by atoms with van der Waals surface area (Å²) < 4.78 is 34.3. The Hall–Kier alpha value is -4.67. The number of allylic oxidation sites excluding steroid dienone is 2. The number of amides is 1. The van der Waals surface area contributed by atoms with Crippen LogP contribution < -0.4 is 10.1 Å². The predicted molar refractivity (Wildman–Crippen MR) is 201 cm³/mol. The van der Waals surface area contributed by atoms with Crippen LogP contribution in [-0.2, 0) is 33.3 Å². The van der Waals surface area contributed by atoms with Crippen molar-refractivity contribution in [1.29, 1.82) is 0 Å². The molecule has 3 aliphatic heterocycles. The number of ketones is 1. The highest BCUT2D eigenvalue weighted by Gasteiger charge is 2.50. The van der Waals surface area contributed by atoms with Crippen molar-refractivity contribution in [3.05, 3.63) is 52.8 Å². The average Bonchev–Trinajstić information content (AvgIpc) is 3.41. The highest BCUT2D eigenvalue weighted by atomic mass is 16.7. The lowest BCUT2D eigenvalue weighted by molar-refractivity contribution is -0.160. The zero-order valence-electron chi connectivity index (χ0n) is 33.0. The molecule has 15 nitrogen and oxygen atoms in total. The van der Waals surface area contributed by atoms with Crippen molar-refractivity contribution in [2.45, 2.75) is 91.9 Å². The normalized spacial score (nSPS) is 31.4. The Morgan fingerprint density at radius 2 is 1.53 bits per heavy atom. The minimum absolute atomic E-state index is 0.0272. The zero-order chi connectivity index (χ0) is 41.3. The van der Waals surface area contributed by atoms with Gasteiger partial charge in [-0.05, 0) is 19.9 Å². The molecule has 5 bridgehead atoms. The maximum atomic E-state index is 14.3. The van der Waals surface area contributed by atoms with E-state index in [0.29, 0.717) is 0 Å². The quantitative estimate of drug-likeness (QED) is 0.102. The van der Waals surface area contributed by atoms with Crippen LogP contribution >= 0.6 is 0 Å². The topological polar surface area (TPSA) is 220 Å². The first-order valence-corrected chi connectivity index (χ1v) is 17.9. The molecule has 302 valence electrons. The Kier molecular flexibility index (Phi) is 13.3. The lowest BCUT2D eigenvalue weighted by Gasteiger charge is -2.38. The molecule has 0 spiro atoms. The standard InChI is InChI=1S/C40H53NO14/c1-17-13-12-14-18(2)38(49)41-29-28(39(51-10)52-11)33(46)25-26(34(29)47)32(45)22(6)36-27(25)37(48)40(8,55-36)53-16-15-24(50-9)19(3)35(54-23(7)42)21(5)31(44)20(4)30(17)43/h12-17,19-21,24,30-31,35,39,43-47H,1-11H3,(H,41,49)/b13-12+,16-15+,18-14-/t17-,19-,20+,21-,24+,30+,31+,35-,40+/m1/s1. The fourth-order valence-electron chi connectivity index (χ4n) is 7.31. The number of esters is 1. The van der Waals surface area contributed by atoms with Crippen molar-refractivity contribution >= 4 is 34.1 Å². The first-order valence-electron chi connectivity index (χ1n) is 17.9. The fourth-order valence-corrected chi connectivity index (χ4v) is 7.31. The molecule has 0 saturated carbocycles. The second-order valence-electron chi connectivity index (χ2n) is 14.4. The predicted octanol–water partition coefficient (Wildman–Crippen LogP) is 5.05. The van der Waals surface area contributed by atoms with Crippen molar-refractivity contribution in [3.8, 4) is 23.0 Å². The lowest BCUT2D eigenvalue weighted by Crippen LogP contribution is -2.46. The molecule has 9 atom stereocenters. The van der Waals surface area contributed by atoms with Gasteiger partial charge >= 0.3 is 11.8 Å². The smallest absolute Gasteiger partial charge is 0.312 e. The zero-order valence-corrected chi connectivity index (χ0v) is 33.0. The molecule has 0 radical (unpaired) electrons. The molecule has 0 aromatic heterocycles. The van der Waals surface area contributed by atoms with Crippen LogP contribution in [0.2, 0.25) is 0 Å². The van der Waals surface area contributed by atoms with Gasteiger partial charge in [0.1, 0.15) is 23.4 Å². The van der Waals surface area contributed by atoms with Crippen molar-refractivity contribution in [2.75, 3.05) is 26.6 Å². The molecule has 2 aromatic carbocycles. The van der Waals surface area contributed by atoms with Gasteiger partial charge in [-0.25, -0.2) is 0 Å². The number of fused-ring (bicyclic) bond motifs is 14. The summed E-state index contributed by atoms with van der Waals surface area (Å²) in [4.78, 5) is 40.1. The molecule has 0 fully saturated rings. The lowest BCUT2D eigenvalue weighted by atomic mass is 9.78. The fraction of sp³-hybridized carbons (Fsp3) is 0.525. The van der Waals surface area contributed by atoms with Gasteiger partial charge in [-0.3, -0.25) is 14.4 Å². The number of anilines is 1. The molecule has 6 N–H and O–H groups in total. The molecule has 15 heteroatoms. The van der Waals surface area contributed by atoms with E-state index in [1.807, 2.05) is 0 Å². The largest absolute Gasteiger partial charge is 0.507 e. The van der Waals surface area contributed by atoms with E-state index in [-0.39, 0.29) is 44.5 Å². The van der Waals surface area contributed by atoms with Crippen LogP contribution in [-0.4, -0.2) is 94.7 Å². The Balaban J connectivity index is 1.98. The highest BCUT2D eigenvalue weighted by Crippen LogP contribution is 2.56. The van der Waals surface area contributed by atoms with Crippen LogP contribution in [0, 0.1) is 30.6 Å². The number of carbonyl (C=O) groups excluding carboxylic acids is 3. The molecule has 5 rings (SSSR count). The van der Waals surface area contributed by atoms with Gasteiger partial charge in [0.15, 0.2) is 12.0 Å². The molecule has 0 unspecified atom stereocenters. The third kappa shape index (κ3) is 8.03. The highest BCUT2D eigenvalue weighted by molar-refractivity contribution is 6.22. The van der Waals surface area contributed by atoms with E-state index in [1.54, 1.807) is 39.8 Å². The Bertz CT molecular complexity index is 1900. The summed E-state index contributed by atoms with van der Waals surface area (Å²) in [5.41, 5.74) is -0.680. The van der Waals surface area contributed by atoms with Crippen LogP contribution in [0.5, 0.6) is 23.0 Å². The van der Waals surface area contributed by atoms with E-state index < -0.39 is 95.1 Å². The van der Waals surface area contributed by atoms with Gasteiger partial charge in [-0.1, -0.05) is 45.9 Å². The number of methoxy groups -OCH3 is 3. The van der Waals surface area contributed by atoms with Gasteiger partial charge < -0.3 is 59.3 Å². The third-order valence-corrected chi connectivity index (χ3v) is 10.7. The molecular formula is C40H53NO14. The van der Waals surface area contributed by atoms with E-state index in [9.17, 15) is 39.9 Å². The summed E-state index contributed by atoms with van der Waals surface area (Å²) in [5.74, 6) is -8.72. The second-order valence-corrected chi connectivity index (χ2v) is 14.4. The number of rotatable bonds is 5. The number of aliphatic hydroxyl groups excluding tert-OH is 2. The molecular weight excluding hydrogens is 718 g/mol. The molecule has 55 heavy (non-hydrogen) atoms. The number of Topliss-reactive ketones (excluding diaryl/α,β-unsaturated/α-hetero) is 1. The van der Waals surface area contributed by atoms with Gasteiger partial charge in [0.25, 0.3) is 11.7 Å². The number of nitrogens with one attached hydrogen (secondary N) is 1. The first kappa shape index (κ1) is 43.1. The van der Waals surface area contributed by atoms with Crippen molar-refractivity contribution in [3.63, 3.8) is 0 Å². The first-order chi connectivity index (χ1) is 25.8. The number of aromatic hydroxyl groups is 3. The van der Waals surface area contributed by atoms with Gasteiger partial charge in [0, 0.05) is 75.4 Å². The Labute approximate surface area is 320 Å². The van der Waals surface area contributed by atoms with Crippen LogP contribution in [0.15, 0.2) is 36.1 Å². The minimum atomic E-state index is -2.06. The summed E-state index contributed by atoms with van der Waals surface area (Å²) in [6.45, 7) is 12.4. The maximum Gasteiger partial charge on any atom is 0.312 e. The molecule has 0 saturated heterocycles. The summed E-state index contributed by atoms with van der Waals surface area (Å²) in [6.07, 6.45) is 2.02. The average molecular weight is 772 g/mol. The summed E-state index contributed by atoms with van der Waals surface area (Å²) in [5, 5.41) is 59.7. The summed E-state index contributed by atoms with van der Waals surface area (Å²) >= 11 is 0. The van der Waals surface area contributed by atoms with E-state index in [0.717, 1.165) is 0 Å².